The molecule has 0 aliphatic rings. The number of carboxylic acids is 1. The predicted molar refractivity (Wildman–Crippen MR) is 256 cm³/mol. The molecule has 0 heterocycles. The SMILES string of the molecule is CCCC[C@H](NC(=O)[C@@H](C)CO)C(=O)N[C@H](C(=O)N[C@@H](CC(=O)O)C(=O)N[C@@H](CCCCN)C(=O)N[C@@H](Cc1ccc(O)cc1)C(=O)N[C@@H](CCCNC(=N)N)C(=O)N[C@H](C(N)=O)[C@@H](C)CC)[C@@H](C)O. The molecule has 0 saturated heterocycles. The third kappa shape index (κ3) is 22.7. The molecular formula is C45H76N12O13. The van der Waals surface area contributed by atoms with Crippen LogP contribution in [-0.2, 0) is 49.6 Å². The van der Waals surface area contributed by atoms with E-state index in [1.54, 1.807) is 13.8 Å². The van der Waals surface area contributed by atoms with Crippen molar-refractivity contribution in [3.63, 3.8) is 0 Å². The van der Waals surface area contributed by atoms with Crippen LogP contribution in [0.5, 0.6) is 5.75 Å². The number of benzene rings is 1. The summed E-state index contributed by atoms with van der Waals surface area (Å²) < 4.78 is 0. The van der Waals surface area contributed by atoms with Crippen LogP contribution in [0.25, 0.3) is 0 Å². The number of carbonyl (C=O) groups excluding carboxylic acids is 8. The number of hydrogen-bond donors (Lipinski definition) is 16. The van der Waals surface area contributed by atoms with E-state index in [4.69, 9.17) is 22.6 Å². The normalized spacial score (nSPS) is 15.3. The van der Waals surface area contributed by atoms with Crippen molar-refractivity contribution in [2.45, 2.75) is 154 Å². The number of carboxylic acid groups (broad SMARTS) is 1. The molecule has 10 atom stereocenters. The molecule has 1 rings (SSSR count). The maximum Gasteiger partial charge on any atom is 0.305 e. The van der Waals surface area contributed by atoms with E-state index >= 15 is 0 Å². The van der Waals surface area contributed by atoms with Crippen LogP contribution in [0.2, 0.25) is 0 Å². The second-order valence-electron chi connectivity index (χ2n) is 17.3. The van der Waals surface area contributed by atoms with Gasteiger partial charge in [0.2, 0.25) is 47.3 Å². The minimum Gasteiger partial charge on any atom is -0.508 e. The molecule has 25 nitrogen and oxygen atoms in total. The topological polar surface area (TPSA) is 433 Å². The van der Waals surface area contributed by atoms with Crippen molar-refractivity contribution in [3.05, 3.63) is 29.8 Å². The minimum atomic E-state index is -1.90. The molecule has 0 bridgehead atoms. The average Bonchev–Trinajstić information content (AvgIpc) is 3.30. The Balaban J connectivity index is 3.59. The number of nitrogens with two attached hydrogens (primary N) is 3. The van der Waals surface area contributed by atoms with Crippen LogP contribution in [0, 0.1) is 17.2 Å². The number of nitrogens with one attached hydrogen (secondary N) is 9. The number of aliphatic hydroxyl groups excluding tert-OH is 2. The van der Waals surface area contributed by atoms with Gasteiger partial charge in [0.25, 0.3) is 0 Å². The number of carbonyl (C=O) groups is 9. The van der Waals surface area contributed by atoms with Gasteiger partial charge < -0.3 is 80.2 Å². The summed E-state index contributed by atoms with van der Waals surface area (Å²) in [5.41, 5.74) is 17.1. The predicted octanol–water partition coefficient (Wildman–Crippen LogP) is -3.07. The third-order valence-corrected chi connectivity index (χ3v) is 11.3. The third-order valence-electron chi connectivity index (χ3n) is 11.3. The lowest BCUT2D eigenvalue weighted by atomic mass is 9.97. The number of aliphatic hydroxyl groups is 2. The van der Waals surface area contributed by atoms with Gasteiger partial charge in [0, 0.05) is 13.0 Å². The van der Waals surface area contributed by atoms with Crippen LogP contribution in [0.4, 0.5) is 0 Å². The average molecular weight is 993 g/mol. The van der Waals surface area contributed by atoms with Gasteiger partial charge in [0.1, 0.15) is 48.0 Å². The highest BCUT2D eigenvalue weighted by Crippen LogP contribution is 2.14. The first-order valence-electron chi connectivity index (χ1n) is 23.5. The molecule has 0 aromatic heterocycles. The Hall–Kier alpha value is -6.60. The molecule has 1 aromatic carbocycles. The first-order chi connectivity index (χ1) is 33.0. The van der Waals surface area contributed by atoms with E-state index in [1.807, 2.05) is 6.92 Å². The lowest BCUT2D eigenvalue weighted by Gasteiger charge is -2.28. The van der Waals surface area contributed by atoms with Crippen LogP contribution in [0.15, 0.2) is 24.3 Å². The largest absolute Gasteiger partial charge is 0.508 e. The molecule has 1 aromatic rings. The number of aromatic hydroxyl groups is 1. The number of rotatable bonds is 34. The summed E-state index contributed by atoms with van der Waals surface area (Å²) in [4.78, 5) is 120. The van der Waals surface area contributed by atoms with E-state index < -0.39 is 121 Å². The minimum absolute atomic E-state index is 0.0440. The van der Waals surface area contributed by atoms with Crippen molar-refractivity contribution < 1.29 is 63.6 Å². The Labute approximate surface area is 407 Å². The fourth-order valence-electron chi connectivity index (χ4n) is 6.82. The summed E-state index contributed by atoms with van der Waals surface area (Å²) in [6.45, 7) is 7.71. The molecule has 394 valence electrons. The number of phenolic OH excluding ortho intramolecular Hbond substituents is 1. The zero-order valence-electron chi connectivity index (χ0n) is 40.7. The zero-order chi connectivity index (χ0) is 53.1. The van der Waals surface area contributed by atoms with E-state index in [9.17, 15) is 63.6 Å². The molecule has 0 aliphatic heterocycles. The van der Waals surface area contributed by atoms with Gasteiger partial charge in [-0.15, -0.1) is 0 Å². The van der Waals surface area contributed by atoms with Crippen molar-refractivity contribution in [2.24, 2.45) is 29.0 Å². The van der Waals surface area contributed by atoms with Crippen molar-refractivity contribution in [3.8, 4) is 5.75 Å². The van der Waals surface area contributed by atoms with E-state index in [2.05, 4.69) is 42.5 Å². The van der Waals surface area contributed by atoms with Gasteiger partial charge in [0.05, 0.1) is 25.0 Å². The molecule has 19 N–H and O–H groups in total. The van der Waals surface area contributed by atoms with Gasteiger partial charge in [-0.2, -0.15) is 0 Å². The fourth-order valence-corrected chi connectivity index (χ4v) is 6.82. The Kier molecular flexibility index (Phi) is 28.3. The summed E-state index contributed by atoms with van der Waals surface area (Å²) in [6.07, 6.45) is -0.566. The molecule has 0 fully saturated rings. The van der Waals surface area contributed by atoms with Crippen LogP contribution in [0.3, 0.4) is 0 Å². The first-order valence-corrected chi connectivity index (χ1v) is 23.5. The van der Waals surface area contributed by atoms with Crippen molar-refractivity contribution in [1.82, 2.24) is 42.5 Å². The second-order valence-corrected chi connectivity index (χ2v) is 17.3. The number of aliphatic carboxylic acids is 1. The van der Waals surface area contributed by atoms with Crippen LogP contribution >= 0.6 is 0 Å². The zero-order valence-corrected chi connectivity index (χ0v) is 40.7. The molecule has 0 spiro atoms. The summed E-state index contributed by atoms with van der Waals surface area (Å²) in [5, 5.41) is 67.1. The molecular weight excluding hydrogens is 917 g/mol. The van der Waals surface area contributed by atoms with Crippen molar-refractivity contribution >= 4 is 59.2 Å². The number of amides is 8. The number of unbranched alkanes of at least 4 members (excludes halogenated alkanes) is 2. The fraction of sp³-hybridized carbons (Fsp3) is 0.644. The number of hydrogen-bond acceptors (Lipinski definition) is 14. The van der Waals surface area contributed by atoms with Gasteiger partial charge in [-0.05, 0) is 75.6 Å². The Morgan fingerprint density at radius 2 is 1.10 bits per heavy atom. The van der Waals surface area contributed by atoms with E-state index in [-0.39, 0.29) is 69.2 Å². The summed E-state index contributed by atoms with van der Waals surface area (Å²) >= 11 is 0. The van der Waals surface area contributed by atoms with Gasteiger partial charge in [-0.3, -0.25) is 48.6 Å². The molecule has 0 saturated carbocycles. The molecule has 0 unspecified atom stereocenters. The van der Waals surface area contributed by atoms with E-state index in [0.717, 1.165) is 6.92 Å². The van der Waals surface area contributed by atoms with Gasteiger partial charge in [0.15, 0.2) is 5.96 Å². The Bertz CT molecular complexity index is 1900. The maximum absolute atomic E-state index is 14.2. The van der Waals surface area contributed by atoms with Gasteiger partial charge in [-0.1, -0.05) is 59.1 Å². The second kappa shape index (κ2) is 32.3. The maximum atomic E-state index is 14.2. The summed E-state index contributed by atoms with van der Waals surface area (Å²) in [5.74, 6) is -10.6. The molecule has 70 heavy (non-hydrogen) atoms. The van der Waals surface area contributed by atoms with Gasteiger partial charge >= 0.3 is 5.97 Å². The Morgan fingerprint density at radius 1 is 0.629 bits per heavy atom. The molecule has 8 amide bonds. The summed E-state index contributed by atoms with van der Waals surface area (Å²) in [7, 11) is 0. The highest BCUT2D eigenvalue weighted by atomic mass is 16.4. The van der Waals surface area contributed by atoms with Crippen LogP contribution in [-0.4, -0.2) is 148 Å². The standard InChI is InChI=1S/C45H76N12O13/c1-6-8-12-29(51-38(64)25(4)23-58)41(67)57-36(26(5)59)44(70)55-33(22-34(61)62)43(69)52-30(13-9-10-19-46)39(65)54-32(21-27-15-17-28(60)18-16-27)42(68)53-31(14-11-20-50-45(48)49)40(66)56-35(37(47)63)24(3)7-2/h15-18,24-26,29-33,35-36,58-60H,6-14,19-23,46H2,1-5H3,(H2,47,63)(H,51,64)(H,52,69)(H,53,68)(H,54,65)(H,55,70)(H,56,66)(H,57,67)(H,61,62)(H4,48,49,50)/t24-,25-,26+,29-,30-,31-,32-,33-,35-,36-/m0/s1. The molecule has 25 heteroatoms. The Morgan fingerprint density at radius 3 is 1.59 bits per heavy atom. The van der Waals surface area contributed by atoms with Crippen molar-refractivity contribution in [2.75, 3.05) is 19.7 Å². The highest BCUT2D eigenvalue weighted by molar-refractivity contribution is 5.98. The lowest BCUT2D eigenvalue weighted by Crippen LogP contribution is -2.61. The van der Waals surface area contributed by atoms with E-state index in [0.29, 0.717) is 31.2 Å². The first kappa shape index (κ1) is 61.4. The van der Waals surface area contributed by atoms with E-state index in [1.165, 1.54) is 31.2 Å². The summed E-state index contributed by atoms with van der Waals surface area (Å²) in [6, 6.07) is -4.64. The van der Waals surface area contributed by atoms with Crippen molar-refractivity contribution in [1.29, 1.82) is 5.41 Å². The number of guanidine groups is 1. The van der Waals surface area contributed by atoms with Gasteiger partial charge in [-0.25, -0.2) is 0 Å². The quantitative estimate of drug-likeness (QED) is 0.0185. The monoisotopic (exact) mass is 993 g/mol. The highest BCUT2D eigenvalue weighted by Gasteiger charge is 2.36. The lowest BCUT2D eigenvalue weighted by molar-refractivity contribution is -0.142. The molecule has 0 aliphatic carbocycles. The van der Waals surface area contributed by atoms with Crippen LogP contribution < -0.4 is 59.7 Å². The number of phenols is 1. The molecule has 0 radical (unpaired) electrons. The van der Waals surface area contributed by atoms with Crippen LogP contribution in [0.1, 0.15) is 104 Å². The smallest absolute Gasteiger partial charge is 0.305 e. The number of primary amides is 1.